The van der Waals surface area contributed by atoms with Crippen LogP contribution in [0.5, 0.6) is 0 Å². The van der Waals surface area contributed by atoms with Gasteiger partial charge in [-0.3, -0.25) is 4.79 Å². The summed E-state index contributed by atoms with van der Waals surface area (Å²) >= 11 is 0. The third kappa shape index (κ3) is 1.49. The van der Waals surface area contributed by atoms with Crippen LogP contribution in [-0.2, 0) is 9.53 Å². The smallest absolute Gasteiger partial charge is 0.308 e. The number of carbonyl (C=O) groups excluding carboxylic acids is 1. The van der Waals surface area contributed by atoms with E-state index in [1.807, 2.05) is 0 Å². The molecule has 1 aliphatic carbocycles. The van der Waals surface area contributed by atoms with Gasteiger partial charge in [-0.25, -0.2) is 0 Å². The van der Waals surface area contributed by atoms with Gasteiger partial charge in [-0.05, 0) is 25.2 Å². The first-order chi connectivity index (χ1) is 4.74. The Morgan fingerprint density at radius 3 is 2.60 bits per heavy atom. The first-order valence-electron chi connectivity index (χ1n) is 3.82. The summed E-state index contributed by atoms with van der Waals surface area (Å²) in [5, 5.41) is 0. The summed E-state index contributed by atoms with van der Waals surface area (Å²) in [7, 11) is 1.46. The molecule has 0 aromatic carbocycles. The number of esters is 1. The lowest BCUT2D eigenvalue weighted by atomic mass is 10.1. The van der Waals surface area contributed by atoms with E-state index in [-0.39, 0.29) is 11.9 Å². The van der Waals surface area contributed by atoms with Crippen molar-refractivity contribution < 1.29 is 9.53 Å². The fourth-order valence-corrected chi connectivity index (χ4v) is 1.59. The molecule has 0 radical (unpaired) electrons. The lowest BCUT2D eigenvalue weighted by Crippen LogP contribution is -2.12. The quantitative estimate of drug-likeness (QED) is 0.520. The van der Waals surface area contributed by atoms with Crippen molar-refractivity contribution in [3.8, 4) is 0 Å². The Bertz CT molecular complexity index is 131. The molecule has 2 nitrogen and oxygen atoms in total. The maximum atomic E-state index is 10.9. The van der Waals surface area contributed by atoms with E-state index >= 15 is 0 Å². The third-order valence-electron chi connectivity index (χ3n) is 2.23. The van der Waals surface area contributed by atoms with Crippen molar-refractivity contribution in [2.24, 2.45) is 11.8 Å². The van der Waals surface area contributed by atoms with Gasteiger partial charge in [0.2, 0.25) is 0 Å². The predicted molar refractivity (Wildman–Crippen MR) is 38.5 cm³/mol. The SMILES string of the molecule is COC(=O)C1CC[C@H](C)C1. The molecule has 2 heteroatoms. The Morgan fingerprint density at radius 1 is 1.50 bits per heavy atom. The minimum absolute atomic E-state index is 0.0237. The summed E-state index contributed by atoms with van der Waals surface area (Å²) < 4.78 is 4.64. The van der Waals surface area contributed by atoms with Crippen LogP contribution in [0.4, 0.5) is 0 Å². The first-order valence-corrected chi connectivity index (χ1v) is 3.82. The zero-order chi connectivity index (χ0) is 7.56. The summed E-state index contributed by atoms with van der Waals surface area (Å²) in [4.78, 5) is 10.9. The van der Waals surface area contributed by atoms with Crippen LogP contribution < -0.4 is 0 Å². The highest BCUT2D eigenvalue weighted by Crippen LogP contribution is 2.30. The maximum Gasteiger partial charge on any atom is 0.308 e. The molecule has 0 aromatic rings. The van der Waals surface area contributed by atoms with Gasteiger partial charge in [-0.2, -0.15) is 0 Å². The number of carbonyl (C=O) groups is 1. The molecule has 1 saturated carbocycles. The predicted octanol–water partition coefficient (Wildman–Crippen LogP) is 1.60. The number of hydrogen-bond acceptors (Lipinski definition) is 2. The topological polar surface area (TPSA) is 26.3 Å². The van der Waals surface area contributed by atoms with Crippen LogP contribution in [0.3, 0.4) is 0 Å². The molecular formula is C8H14O2. The molecule has 0 heterocycles. The number of methoxy groups -OCH3 is 1. The average Bonchev–Trinajstić information content (AvgIpc) is 2.34. The third-order valence-corrected chi connectivity index (χ3v) is 2.23. The van der Waals surface area contributed by atoms with Crippen LogP contribution in [-0.4, -0.2) is 13.1 Å². The summed E-state index contributed by atoms with van der Waals surface area (Å²) in [6.07, 6.45) is 3.22. The number of hydrogen-bond donors (Lipinski definition) is 0. The van der Waals surface area contributed by atoms with E-state index in [4.69, 9.17) is 0 Å². The fourth-order valence-electron chi connectivity index (χ4n) is 1.59. The zero-order valence-corrected chi connectivity index (χ0v) is 6.59. The van der Waals surface area contributed by atoms with E-state index < -0.39 is 0 Å². The first kappa shape index (κ1) is 7.58. The number of ether oxygens (including phenoxy) is 1. The van der Waals surface area contributed by atoms with Gasteiger partial charge in [0.05, 0.1) is 13.0 Å². The Balaban J connectivity index is 2.37. The summed E-state index contributed by atoms with van der Waals surface area (Å²) in [6, 6.07) is 0. The van der Waals surface area contributed by atoms with Gasteiger partial charge < -0.3 is 4.74 Å². The molecule has 0 aromatic heterocycles. The second-order valence-corrected chi connectivity index (χ2v) is 3.14. The van der Waals surface area contributed by atoms with Crippen molar-refractivity contribution >= 4 is 5.97 Å². The minimum atomic E-state index is -0.0237. The maximum absolute atomic E-state index is 10.9. The Labute approximate surface area is 61.6 Å². The fraction of sp³-hybridized carbons (Fsp3) is 0.875. The van der Waals surface area contributed by atoms with E-state index in [1.165, 1.54) is 13.5 Å². The molecule has 0 spiro atoms. The Kier molecular flexibility index (Phi) is 2.30. The minimum Gasteiger partial charge on any atom is -0.469 e. The molecular weight excluding hydrogens is 128 g/mol. The van der Waals surface area contributed by atoms with Crippen LogP contribution in [0, 0.1) is 11.8 Å². The molecule has 0 amide bonds. The van der Waals surface area contributed by atoms with Gasteiger partial charge in [-0.15, -0.1) is 0 Å². The lowest BCUT2D eigenvalue weighted by molar-refractivity contribution is -0.145. The van der Waals surface area contributed by atoms with Gasteiger partial charge in [0.1, 0.15) is 0 Å². The van der Waals surface area contributed by atoms with Crippen molar-refractivity contribution in [2.45, 2.75) is 26.2 Å². The molecule has 1 rings (SSSR count). The molecule has 1 aliphatic rings. The van der Waals surface area contributed by atoms with Crippen LogP contribution in [0.25, 0.3) is 0 Å². The van der Waals surface area contributed by atoms with E-state index in [2.05, 4.69) is 11.7 Å². The van der Waals surface area contributed by atoms with Crippen molar-refractivity contribution in [3.63, 3.8) is 0 Å². The van der Waals surface area contributed by atoms with Crippen molar-refractivity contribution in [1.29, 1.82) is 0 Å². The highest BCUT2D eigenvalue weighted by atomic mass is 16.5. The highest BCUT2D eigenvalue weighted by Gasteiger charge is 2.27. The molecule has 2 atom stereocenters. The summed E-state index contributed by atoms with van der Waals surface area (Å²) in [5.74, 6) is 0.883. The molecule has 0 aliphatic heterocycles. The highest BCUT2D eigenvalue weighted by molar-refractivity contribution is 5.72. The van der Waals surface area contributed by atoms with Gasteiger partial charge in [0.25, 0.3) is 0 Å². The van der Waals surface area contributed by atoms with Gasteiger partial charge in [0, 0.05) is 0 Å². The van der Waals surface area contributed by atoms with E-state index in [9.17, 15) is 4.79 Å². The second-order valence-electron chi connectivity index (χ2n) is 3.14. The van der Waals surface area contributed by atoms with Crippen LogP contribution >= 0.6 is 0 Å². The Morgan fingerprint density at radius 2 is 2.20 bits per heavy atom. The monoisotopic (exact) mass is 142 g/mol. The van der Waals surface area contributed by atoms with Crippen molar-refractivity contribution in [1.82, 2.24) is 0 Å². The van der Waals surface area contributed by atoms with Gasteiger partial charge >= 0.3 is 5.97 Å². The second kappa shape index (κ2) is 3.04. The molecule has 10 heavy (non-hydrogen) atoms. The standard InChI is InChI=1S/C8H14O2/c1-6-3-4-7(5-6)8(9)10-2/h6-7H,3-5H2,1-2H3/t6-,7?/m0/s1. The normalized spacial score (nSPS) is 32.2. The Hall–Kier alpha value is -0.530. The van der Waals surface area contributed by atoms with Gasteiger partial charge in [0.15, 0.2) is 0 Å². The van der Waals surface area contributed by atoms with Crippen LogP contribution in [0.15, 0.2) is 0 Å². The van der Waals surface area contributed by atoms with E-state index in [0.717, 1.165) is 12.8 Å². The largest absolute Gasteiger partial charge is 0.469 e. The van der Waals surface area contributed by atoms with E-state index in [1.54, 1.807) is 0 Å². The number of rotatable bonds is 1. The van der Waals surface area contributed by atoms with Crippen molar-refractivity contribution in [3.05, 3.63) is 0 Å². The zero-order valence-electron chi connectivity index (χ0n) is 6.59. The van der Waals surface area contributed by atoms with Crippen LogP contribution in [0.2, 0.25) is 0 Å². The summed E-state index contributed by atoms with van der Waals surface area (Å²) in [6.45, 7) is 2.18. The van der Waals surface area contributed by atoms with Crippen molar-refractivity contribution in [2.75, 3.05) is 7.11 Å². The van der Waals surface area contributed by atoms with Gasteiger partial charge in [-0.1, -0.05) is 6.92 Å². The lowest BCUT2D eigenvalue weighted by Gasteiger charge is -2.04. The molecule has 1 fully saturated rings. The molecule has 0 bridgehead atoms. The van der Waals surface area contributed by atoms with E-state index in [0.29, 0.717) is 5.92 Å². The molecule has 58 valence electrons. The molecule has 0 N–H and O–H groups in total. The molecule has 0 saturated heterocycles. The summed E-state index contributed by atoms with van der Waals surface area (Å²) in [5.41, 5.74) is 0. The average molecular weight is 142 g/mol. The molecule has 1 unspecified atom stereocenters. The van der Waals surface area contributed by atoms with Crippen LogP contribution in [0.1, 0.15) is 26.2 Å².